The lowest BCUT2D eigenvalue weighted by atomic mass is 10.3. The summed E-state index contributed by atoms with van der Waals surface area (Å²) in [5, 5.41) is 8.40. The molecule has 0 heterocycles. The number of hydrogen-bond donors (Lipinski definition) is 0. The molecule has 1 amide bonds. The molecule has 80 valence electrons. The second-order valence-corrected chi connectivity index (χ2v) is 3.04. The lowest BCUT2D eigenvalue weighted by molar-refractivity contribution is -0.128. The standard InChI is InChI=1S/C9H15ClN2O2/c1-14-7-3-6-12(5-2-4-11)9(13)8-10/h2-3,5-8H2,1H3. The van der Waals surface area contributed by atoms with Gasteiger partial charge in [0.25, 0.3) is 0 Å². The number of carbonyl (C=O) groups excluding carboxylic acids is 1. The Morgan fingerprint density at radius 1 is 1.57 bits per heavy atom. The number of rotatable bonds is 7. The first-order chi connectivity index (χ1) is 6.76. The zero-order chi connectivity index (χ0) is 10.8. The molecule has 0 aromatic heterocycles. The summed E-state index contributed by atoms with van der Waals surface area (Å²) < 4.78 is 4.87. The minimum atomic E-state index is -0.127. The van der Waals surface area contributed by atoms with Gasteiger partial charge in [-0.25, -0.2) is 0 Å². The average molecular weight is 219 g/mol. The van der Waals surface area contributed by atoms with Crippen molar-refractivity contribution in [3.8, 4) is 6.07 Å². The lowest BCUT2D eigenvalue weighted by Gasteiger charge is -2.20. The zero-order valence-corrected chi connectivity index (χ0v) is 9.09. The summed E-state index contributed by atoms with van der Waals surface area (Å²) in [5.74, 6) is -0.156. The Labute approximate surface area is 89.4 Å². The Kier molecular flexibility index (Phi) is 8.30. The highest BCUT2D eigenvalue weighted by atomic mass is 35.5. The van der Waals surface area contributed by atoms with Crippen LogP contribution in [0.2, 0.25) is 0 Å². The quantitative estimate of drug-likeness (QED) is 0.473. The molecule has 5 heteroatoms. The number of amides is 1. The first kappa shape index (κ1) is 13.2. The van der Waals surface area contributed by atoms with Gasteiger partial charge >= 0.3 is 0 Å². The van der Waals surface area contributed by atoms with Crippen molar-refractivity contribution >= 4 is 17.5 Å². The molecule has 0 rings (SSSR count). The van der Waals surface area contributed by atoms with E-state index < -0.39 is 0 Å². The second kappa shape index (κ2) is 8.79. The zero-order valence-electron chi connectivity index (χ0n) is 8.33. The molecular weight excluding hydrogens is 204 g/mol. The number of ether oxygens (including phenoxy) is 1. The van der Waals surface area contributed by atoms with Crippen LogP contribution in [0.15, 0.2) is 0 Å². The van der Waals surface area contributed by atoms with Crippen molar-refractivity contribution in [2.75, 3.05) is 32.7 Å². The Bertz CT molecular complexity index is 203. The molecule has 0 unspecified atom stereocenters. The minimum absolute atomic E-state index is 0.0294. The van der Waals surface area contributed by atoms with Gasteiger partial charge in [0.2, 0.25) is 5.91 Å². The highest BCUT2D eigenvalue weighted by Crippen LogP contribution is 1.97. The monoisotopic (exact) mass is 218 g/mol. The fourth-order valence-corrected chi connectivity index (χ4v) is 1.20. The van der Waals surface area contributed by atoms with Crippen LogP contribution in [0.3, 0.4) is 0 Å². The summed E-state index contributed by atoms with van der Waals surface area (Å²) in [6.07, 6.45) is 1.11. The largest absolute Gasteiger partial charge is 0.385 e. The van der Waals surface area contributed by atoms with Gasteiger partial charge in [-0.3, -0.25) is 4.79 Å². The summed E-state index contributed by atoms with van der Waals surface area (Å²) in [5.41, 5.74) is 0. The Balaban J connectivity index is 3.85. The maximum Gasteiger partial charge on any atom is 0.237 e. The third-order valence-electron chi connectivity index (χ3n) is 1.74. The predicted molar refractivity (Wildman–Crippen MR) is 54.0 cm³/mol. The van der Waals surface area contributed by atoms with E-state index in [1.807, 2.05) is 6.07 Å². The van der Waals surface area contributed by atoms with Crippen molar-refractivity contribution < 1.29 is 9.53 Å². The molecule has 0 aliphatic heterocycles. The van der Waals surface area contributed by atoms with E-state index in [0.29, 0.717) is 26.1 Å². The Morgan fingerprint density at radius 3 is 2.79 bits per heavy atom. The van der Waals surface area contributed by atoms with Crippen LogP contribution < -0.4 is 0 Å². The van der Waals surface area contributed by atoms with Gasteiger partial charge in [0.05, 0.1) is 12.5 Å². The maximum absolute atomic E-state index is 11.3. The van der Waals surface area contributed by atoms with Gasteiger partial charge in [-0.2, -0.15) is 5.26 Å². The summed E-state index contributed by atoms with van der Waals surface area (Å²) >= 11 is 5.43. The van der Waals surface area contributed by atoms with Gasteiger partial charge in [0.1, 0.15) is 5.88 Å². The molecule has 0 spiro atoms. The molecule has 0 saturated heterocycles. The van der Waals surface area contributed by atoms with E-state index >= 15 is 0 Å². The SMILES string of the molecule is COCCCN(CCC#N)C(=O)CCl. The molecule has 0 atom stereocenters. The number of nitriles is 1. The molecule has 0 fully saturated rings. The van der Waals surface area contributed by atoms with Crippen LogP contribution in [0, 0.1) is 11.3 Å². The highest BCUT2D eigenvalue weighted by molar-refractivity contribution is 6.27. The maximum atomic E-state index is 11.3. The summed E-state index contributed by atoms with van der Waals surface area (Å²) in [6.45, 7) is 1.66. The predicted octanol–water partition coefficient (Wildman–Crippen LogP) is 1.00. The normalized spacial score (nSPS) is 9.50. The second-order valence-electron chi connectivity index (χ2n) is 2.77. The van der Waals surface area contributed by atoms with Crippen LogP contribution in [0.1, 0.15) is 12.8 Å². The van der Waals surface area contributed by atoms with E-state index in [9.17, 15) is 4.79 Å². The Morgan fingerprint density at radius 2 is 2.29 bits per heavy atom. The van der Waals surface area contributed by atoms with Crippen LogP contribution in [0.5, 0.6) is 0 Å². The van der Waals surface area contributed by atoms with Crippen molar-refractivity contribution in [3.05, 3.63) is 0 Å². The van der Waals surface area contributed by atoms with Gasteiger partial charge < -0.3 is 9.64 Å². The van der Waals surface area contributed by atoms with E-state index in [0.717, 1.165) is 6.42 Å². The van der Waals surface area contributed by atoms with E-state index in [2.05, 4.69) is 0 Å². The average Bonchev–Trinajstić information content (AvgIpc) is 2.22. The molecule has 0 saturated carbocycles. The summed E-state index contributed by atoms with van der Waals surface area (Å²) in [7, 11) is 1.61. The molecule has 0 aliphatic carbocycles. The number of halogens is 1. The lowest BCUT2D eigenvalue weighted by Crippen LogP contribution is -2.34. The first-order valence-corrected chi connectivity index (χ1v) is 4.99. The molecule has 0 N–H and O–H groups in total. The molecule has 0 bridgehead atoms. The van der Waals surface area contributed by atoms with E-state index in [1.54, 1.807) is 12.0 Å². The van der Waals surface area contributed by atoms with Crippen molar-refractivity contribution in [1.82, 2.24) is 4.90 Å². The van der Waals surface area contributed by atoms with Crippen LogP contribution in [0.25, 0.3) is 0 Å². The fourth-order valence-electron chi connectivity index (χ4n) is 1.03. The van der Waals surface area contributed by atoms with Gasteiger partial charge in [-0.15, -0.1) is 11.6 Å². The van der Waals surface area contributed by atoms with Crippen molar-refractivity contribution in [3.63, 3.8) is 0 Å². The van der Waals surface area contributed by atoms with E-state index in [1.165, 1.54) is 0 Å². The molecule has 0 aromatic rings. The van der Waals surface area contributed by atoms with Crippen LogP contribution in [-0.4, -0.2) is 43.5 Å². The van der Waals surface area contributed by atoms with Gasteiger partial charge in [0, 0.05) is 26.8 Å². The third kappa shape index (κ3) is 5.79. The summed E-state index contributed by atoms with van der Waals surface area (Å²) in [6, 6.07) is 2.00. The van der Waals surface area contributed by atoms with Crippen molar-refractivity contribution in [2.45, 2.75) is 12.8 Å². The van der Waals surface area contributed by atoms with Crippen molar-refractivity contribution in [2.24, 2.45) is 0 Å². The number of carbonyl (C=O) groups is 1. The number of alkyl halides is 1. The smallest absolute Gasteiger partial charge is 0.237 e. The minimum Gasteiger partial charge on any atom is -0.385 e. The third-order valence-corrected chi connectivity index (χ3v) is 1.97. The number of nitrogens with zero attached hydrogens (tertiary/aromatic N) is 2. The molecule has 0 radical (unpaired) electrons. The van der Waals surface area contributed by atoms with Gasteiger partial charge in [-0.1, -0.05) is 0 Å². The summed E-state index contributed by atoms with van der Waals surface area (Å²) in [4.78, 5) is 12.8. The number of hydrogen-bond acceptors (Lipinski definition) is 3. The molecule has 0 aliphatic rings. The van der Waals surface area contributed by atoms with E-state index in [-0.39, 0.29) is 11.8 Å². The fraction of sp³-hybridized carbons (Fsp3) is 0.778. The van der Waals surface area contributed by atoms with Crippen LogP contribution in [0.4, 0.5) is 0 Å². The topological polar surface area (TPSA) is 53.3 Å². The molecule has 0 aromatic carbocycles. The first-order valence-electron chi connectivity index (χ1n) is 4.46. The molecular formula is C9H15ClN2O2. The highest BCUT2D eigenvalue weighted by Gasteiger charge is 2.10. The van der Waals surface area contributed by atoms with E-state index in [4.69, 9.17) is 21.6 Å². The Hall–Kier alpha value is -0.790. The number of methoxy groups -OCH3 is 1. The van der Waals surface area contributed by atoms with Crippen molar-refractivity contribution in [1.29, 1.82) is 5.26 Å². The molecule has 14 heavy (non-hydrogen) atoms. The van der Waals surface area contributed by atoms with Gasteiger partial charge in [0.15, 0.2) is 0 Å². The molecule has 4 nitrogen and oxygen atoms in total. The van der Waals surface area contributed by atoms with Gasteiger partial charge in [-0.05, 0) is 6.42 Å². The van der Waals surface area contributed by atoms with Crippen LogP contribution >= 0.6 is 11.6 Å². The van der Waals surface area contributed by atoms with Crippen LogP contribution in [-0.2, 0) is 9.53 Å².